The number of aryl methyl sites for hydroxylation is 3. The third-order valence-corrected chi connectivity index (χ3v) is 3.84. The number of hydrogen-bond donors (Lipinski definition) is 0. The van der Waals surface area contributed by atoms with Crippen molar-refractivity contribution in [2.75, 3.05) is 7.05 Å². The molecular formula is C19H23NO. The SMILES string of the molecule is Cc1ccc(CCC(=O)N(C)Cc2ccccc2C)cc1. The van der Waals surface area contributed by atoms with E-state index in [4.69, 9.17) is 0 Å². The predicted molar refractivity (Wildman–Crippen MR) is 87.2 cm³/mol. The van der Waals surface area contributed by atoms with Gasteiger partial charge in [-0.25, -0.2) is 0 Å². The third-order valence-electron chi connectivity index (χ3n) is 3.84. The van der Waals surface area contributed by atoms with E-state index in [1.165, 1.54) is 22.3 Å². The Morgan fingerprint density at radius 1 is 1.00 bits per heavy atom. The van der Waals surface area contributed by atoms with E-state index in [1.807, 2.05) is 24.1 Å². The summed E-state index contributed by atoms with van der Waals surface area (Å²) in [5.74, 6) is 0.193. The van der Waals surface area contributed by atoms with E-state index >= 15 is 0 Å². The van der Waals surface area contributed by atoms with Crippen LogP contribution in [0.15, 0.2) is 48.5 Å². The lowest BCUT2D eigenvalue weighted by atomic mass is 10.1. The molecule has 2 nitrogen and oxygen atoms in total. The lowest BCUT2D eigenvalue weighted by molar-refractivity contribution is -0.130. The van der Waals surface area contributed by atoms with Crippen LogP contribution < -0.4 is 0 Å². The topological polar surface area (TPSA) is 20.3 Å². The zero-order chi connectivity index (χ0) is 15.2. The molecule has 2 heteroatoms. The lowest BCUT2D eigenvalue weighted by Gasteiger charge is -2.18. The van der Waals surface area contributed by atoms with Crippen molar-refractivity contribution in [3.8, 4) is 0 Å². The fourth-order valence-electron chi connectivity index (χ4n) is 2.33. The first-order chi connectivity index (χ1) is 10.1. The van der Waals surface area contributed by atoms with Crippen LogP contribution in [0, 0.1) is 13.8 Å². The monoisotopic (exact) mass is 281 g/mol. The molecule has 2 aromatic rings. The highest BCUT2D eigenvalue weighted by atomic mass is 16.2. The van der Waals surface area contributed by atoms with Crippen molar-refractivity contribution in [1.82, 2.24) is 4.90 Å². The van der Waals surface area contributed by atoms with Gasteiger partial charge >= 0.3 is 0 Å². The van der Waals surface area contributed by atoms with Gasteiger partial charge in [0.05, 0.1) is 0 Å². The first-order valence-corrected chi connectivity index (χ1v) is 7.40. The second-order valence-electron chi connectivity index (χ2n) is 5.66. The Kier molecular flexibility index (Phi) is 5.15. The molecule has 0 atom stereocenters. The van der Waals surface area contributed by atoms with E-state index in [0.717, 1.165) is 6.42 Å². The van der Waals surface area contributed by atoms with Gasteiger partial charge in [0.15, 0.2) is 0 Å². The highest BCUT2D eigenvalue weighted by Crippen LogP contribution is 2.11. The van der Waals surface area contributed by atoms with Gasteiger partial charge in [-0.2, -0.15) is 0 Å². The molecule has 2 aromatic carbocycles. The minimum Gasteiger partial charge on any atom is -0.341 e. The fraction of sp³-hybridized carbons (Fsp3) is 0.316. The summed E-state index contributed by atoms with van der Waals surface area (Å²) in [6.07, 6.45) is 1.36. The zero-order valence-electron chi connectivity index (χ0n) is 13.1. The molecule has 110 valence electrons. The molecule has 0 saturated heterocycles. The average molecular weight is 281 g/mol. The molecule has 0 saturated carbocycles. The summed E-state index contributed by atoms with van der Waals surface area (Å²) in [6, 6.07) is 16.6. The summed E-state index contributed by atoms with van der Waals surface area (Å²) < 4.78 is 0. The number of hydrogen-bond acceptors (Lipinski definition) is 1. The number of benzene rings is 2. The Bertz CT molecular complexity index is 601. The van der Waals surface area contributed by atoms with Crippen LogP contribution in [0.4, 0.5) is 0 Å². The molecule has 0 radical (unpaired) electrons. The van der Waals surface area contributed by atoms with Gasteiger partial charge < -0.3 is 4.90 Å². The first-order valence-electron chi connectivity index (χ1n) is 7.40. The van der Waals surface area contributed by atoms with Crippen molar-refractivity contribution in [1.29, 1.82) is 0 Å². The molecule has 0 N–H and O–H groups in total. The van der Waals surface area contributed by atoms with E-state index < -0.39 is 0 Å². The summed E-state index contributed by atoms with van der Waals surface area (Å²) in [5.41, 5.74) is 4.92. The lowest BCUT2D eigenvalue weighted by Crippen LogP contribution is -2.26. The van der Waals surface area contributed by atoms with Crippen molar-refractivity contribution in [2.24, 2.45) is 0 Å². The van der Waals surface area contributed by atoms with E-state index in [-0.39, 0.29) is 5.91 Å². The second kappa shape index (κ2) is 7.07. The Morgan fingerprint density at radius 2 is 1.67 bits per heavy atom. The van der Waals surface area contributed by atoms with Crippen LogP contribution >= 0.6 is 0 Å². The number of carbonyl (C=O) groups is 1. The smallest absolute Gasteiger partial charge is 0.222 e. The van der Waals surface area contributed by atoms with Crippen molar-refractivity contribution in [3.63, 3.8) is 0 Å². The largest absolute Gasteiger partial charge is 0.341 e. The second-order valence-corrected chi connectivity index (χ2v) is 5.66. The predicted octanol–water partition coefficient (Wildman–Crippen LogP) is 3.89. The Hall–Kier alpha value is -2.09. The highest BCUT2D eigenvalue weighted by molar-refractivity contribution is 5.76. The molecule has 21 heavy (non-hydrogen) atoms. The van der Waals surface area contributed by atoms with Crippen LogP contribution in [-0.4, -0.2) is 17.9 Å². The van der Waals surface area contributed by atoms with Crippen molar-refractivity contribution >= 4 is 5.91 Å². The molecule has 0 heterocycles. The summed E-state index contributed by atoms with van der Waals surface area (Å²) >= 11 is 0. The third kappa shape index (κ3) is 4.45. The average Bonchev–Trinajstić information content (AvgIpc) is 2.48. The molecule has 1 amide bonds. The molecule has 2 rings (SSSR count). The van der Waals surface area contributed by atoms with Gasteiger partial charge in [0.25, 0.3) is 0 Å². The molecule has 0 fully saturated rings. The van der Waals surface area contributed by atoms with Gasteiger partial charge in [-0.1, -0.05) is 54.1 Å². The Balaban J connectivity index is 1.88. The normalized spacial score (nSPS) is 10.4. The van der Waals surface area contributed by atoms with Gasteiger partial charge in [0.1, 0.15) is 0 Å². The van der Waals surface area contributed by atoms with E-state index in [2.05, 4.69) is 50.2 Å². The number of carbonyl (C=O) groups excluding carboxylic acids is 1. The molecule has 0 aliphatic heterocycles. The van der Waals surface area contributed by atoms with Crippen molar-refractivity contribution in [3.05, 3.63) is 70.8 Å². The fourth-order valence-corrected chi connectivity index (χ4v) is 2.33. The van der Waals surface area contributed by atoms with Gasteiger partial charge in [0.2, 0.25) is 5.91 Å². The molecule has 0 spiro atoms. The summed E-state index contributed by atoms with van der Waals surface area (Å²) in [4.78, 5) is 14.0. The zero-order valence-corrected chi connectivity index (χ0v) is 13.1. The summed E-state index contributed by atoms with van der Waals surface area (Å²) in [5, 5.41) is 0. The molecule has 0 aromatic heterocycles. The summed E-state index contributed by atoms with van der Waals surface area (Å²) in [6.45, 7) is 4.84. The Morgan fingerprint density at radius 3 is 2.33 bits per heavy atom. The van der Waals surface area contributed by atoms with Crippen LogP contribution in [0.25, 0.3) is 0 Å². The molecule has 0 bridgehead atoms. The Labute approximate surface area is 127 Å². The maximum absolute atomic E-state index is 12.2. The van der Waals surface area contributed by atoms with Gasteiger partial charge in [0, 0.05) is 20.0 Å². The van der Waals surface area contributed by atoms with Crippen LogP contribution in [0.2, 0.25) is 0 Å². The van der Waals surface area contributed by atoms with Gasteiger partial charge in [-0.05, 0) is 37.0 Å². The minimum absolute atomic E-state index is 0.193. The van der Waals surface area contributed by atoms with Crippen LogP contribution in [0.5, 0.6) is 0 Å². The van der Waals surface area contributed by atoms with Gasteiger partial charge in [-0.3, -0.25) is 4.79 Å². The van der Waals surface area contributed by atoms with Crippen LogP contribution in [0.1, 0.15) is 28.7 Å². The van der Waals surface area contributed by atoms with E-state index in [0.29, 0.717) is 13.0 Å². The number of rotatable bonds is 5. The highest BCUT2D eigenvalue weighted by Gasteiger charge is 2.10. The molecule has 0 unspecified atom stereocenters. The number of amides is 1. The minimum atomic E-state index is 0.193. The maximum atomic E-state index is 12.2. The van der Waals surface area contributed by atoms with E-state index in [9.17, 15) is 4.79 Å². The molecular weight excluding hydrogens is 258 g/mol. The maximum Gasteiger partial charge on any atom is 0.222 e. The standard InChI is InChI=1S/C19H23NO/c1-15-8-10-17(11-9-15)12-13-19(21)20(3)14-18-7-5-4-6-16(18)2/h4-11H,12-14H2,1-3H3. The number of nitrogens with zero attached hydrogens (tertiary/aromatic N) is 1. The van der Waals surface area contributed by atoms with Gasteiger partial charge in [-0.15, -0.1) is 0 Å². The molecule has 0 aliphatic rings. The van der Waals surface area contributed by atoms with Crippen LogP contribution in [-0.2, 0) is 17.8 Å². The van der Waals surface area contributed by atoms with Crippen molar-refractivity contribution in [2.45, 2.75) is 33.2 Å². The van der Waals surface area contributed by atoms with Crippen LogP contribution in [0.3, 0.4) is 0 Å². The summed E-state index contributed by atoms with van der Waals surface area (Å²) in [7, 11) is 1.88. The van der Waals surface area contributed by atoms with E-state index in [1.54, 1.807) is 0 Å². The first kappa shape index (κ1) is 15.3. The molecule has 0 aliphatic carbocycles. The van der Waals surface area contributed by atoms with Crippen molar-refractivity contribution < 1.29 is 4.79 Å². The quantitative estimate of drug-likeness (QED) is 0.814.